The van der Waals surface area contributed by atoms with Crippen molar-refractivity contribution in [1.82, 2.24) is 5.32 Å². The SMILES string of the molecule is CCNC(c1cccc(Br)c1F)C(OC)C(C)C. The lowest BCUT2D eigenvalue weighted by Gasteiger charge is -2.30. The molecule has 0 saturated heterocycles. The van der Waals surface area contributed by atoms with Gasteiger partial charge in [-0.25, -0.2) is 4.39 Å². The Labute approximate surface area is 117 Å². The Bertz CT molecular complexity index is 384. The maximum atomic E-state index is 14.2. The first kappa shape index (κ1) is 15.6. The molecule has 0 radical (unpaired) electrons. The van der Waals surface area contributed by atoms with Crippen LogP contribution >= 0.6 is 15.9 Å². The third-order valence-corrected chi connectivity index (χ3v) is 3.61. The molecule has 0 fully saturated rings. The fourth-order valence-electron chi connectivity index (χ4n) is 2.18. The molecule has 0 bridgehead atoms. The molecule has 0 aliphatic carbocycles. The maximum Gasteiger partial charge on any atom is 0.142 e. The standard InChI is InChI=1S/C14H21BrFNO/c1-5-17-13(14(18-4)9(2)3)10-7-6-8-11(15)12(10)16/h6-9,13-14,17H,5H2,1-4H3. The second-order valence-corrected chi connectivity index (χ2v) is 5.48. The monoisotopic (exact) mass is 317 g/mol. The quantitative estimate of drug-likeness (QED) is 0.859. The summed E-state index contributed by atoms with van der Waals surface area (Å²) in [6, 6.07) is 5.22. The van der Waals surface area contributed by atoms with E-state index in [-0.39, 0.29) is 18.0 Å². The second kappa shape index (κ2) is 7.22. The number of hydrogen-bond acceptors (Lipinski definition) is 2. The van der Waals surface area contributed by atoms with Crippen LogP contribution in [-0.4, -0.2) is 19.8 Å². The van der Waals surface area contributed by atoms with Crippen molar-refractivity contribution in [2.45, 2.75) is 32.9 Å². The lowest BCUT2D eigenvalue weighted by molar-refractivity contribution is 0.0321. The van der Waals surface area contributed by atoms with E-state index in [0.29, 0.717) is 16.0 Å². The highest BCUT2D eigenvalue weighted by molar-refractivity contribution is 9.10. The Morgan fingerprint density at radius 2 is 2.06 bits per heavy atom. The van der Waals surface area contributed by atoms with Crippen LogP contribution in [0.5, 0.6) is 0 Å². The number of ether oxygens (including phenoxy) is 1. The smallest absolute Gasteiger partial charge is 0.142 e. The van der Waals surface area contributed by atoms with Gasteiger partial charge in [-0.2, -0.15) is 0 Å². The van der Waals surface area contributed by atoms with Gasteiger partial charge in [0.05, 0.1) is 16.6 Å². The second-order valence-electron chi connectivity index (χ2n) is 4.62. The number of nitrogens with one attached hydrogen (secondary N) is 1. The van der Waals surface area contributed by atoms with E-state index < -0.39 is 0 Å². The van der Waals surface area contributed by atoms with Crippen molar-refractivity contribution in [3.63, 3.8) is 0 Å². The van der Waals surface area contributed by atoms with E-state index in [4.69, 9.17) is 4.74 Å². The van der Waals surface area contributed by atoms with E-state index in [2.05, 4.69) is 35.1 Å². The van der Waals surface area contributed by atoms with Gasteiger partial charge in [0.15, 0.2) is 0 Å². The lowest BCUT2D eigenvalue weighted by Crippen LogP contribution is -2.37. The molecule has 2 atom stereocenters. The van der Waals surface area contributed by atoms with Crippen molar-refractivity contribution in [3.8, 4) is 0 Å². The molecular weight excluding hydrogens is 297 g/mol. The van der Waals surface area contributed by atoms with Gasteiger partial charge in [0.1, 0.15) is 5.82 Å². The van der Waals surface area contributed by atoms with Gasteiger partial charge in [-0.05, 0) is 34.5 Å². The van der Waals surface area contributed by atoms with Crippen LogP contribution in [0.2, 0.25) is 0 Å². The number of likely N-dealkylation sites (N-methyl/N-ethyl adjacent to an activating group) is 1. The molecular formula is C14H21BrFNO. The summed E-state index contributed by atoms with van der Waals surface area (Å²) in [6.07, 6.45) is -0.0613. The van der Waals surface area contributed by atoms with Crippen molar-refractivity contribution in [2.75, 3.05) is 13.7 Å². The molecule has 1 aromatic carbocycles. The Hall–Kier alpha value is -0.450. The topological polar surface area (TPSA) is 21.3 Å². The van der Waals surface area contributed by atoms with E-state index in [9.17, 15) is 4.39 Å². The molecule has 0 saturated carbocycles. The predicted molar refractivity (Wildman–Crippen MR) is 76.2 cm³/mol. The zero-order chi connectivity index (χ0) is 13.7. The number of halogens is 2. The molecule has 1 rings (SSSR count). The molecule has 1 N–H and O–H groups in total. The summed E-state index contributed by atoms with van der Waals surface area (Å²) >= 11 is 3.23. The largest absolute Gasteiger partial charge is 0.379 e. The Morgan fingerprint density at radius 3 is 2.56 bits per heavy atom. The first-order chi connectivity index (χ1) is 8.52. The van der Waals surface area contributed by atoms with Crippen molar-refractivity contribution in [1.29, 1.82) is 0 Å². The third-order valence-electron chi connectivity index (χ3n) is 3.00. The molecule has 18 heavy (non-hydrogen) atoms. The van der Waals surface area contributed by atoms with E-state index in [1.807, 2.05) is 19.1 Å². The first-order valence-electron chi connectivity index (χ1n) is 6.23. The fraction of sp³-hybridized carbons (Fsp3) is 0.571. The van der Waals surface area contributed by atoms with Crippen LogP contribution in [0.15, 0.2) is 22.7 Å². The summed E-state index contributed by atoms with van der Waals surface area (Å²) < 4.78 is 20.2. The minimum Gasteiger partial charge on any atom is -0.379 e. The average molecular weight is 318 g/mol. The zero-order valence-corrected chi connectivity index (χ0v) is 12.9. The van der Waals surface area contributed by atoms with E-state index >= 15 is 0 Å². The molecule has 0 spiro atoms. The van der Waals surface area contributed by atoms with Gasteiger partial charge >= 0.3 is 0 Å². The Kier molecular flexibility index (Phi) is 6.26. The molecule has 0 aliphatic heterocycles. The average Bonchev–Trinajstić information content (AvgIpc) is 2.32. The molecule has 0 heterocycles. The summed E-state index contributed by atoms with van der Waals surface area (Å²) in [4.78, 5) is 0. The Balaban J connectivity index is 3.14. The van der Waals surface area contributed by atoms with Crippen LogP contribution in [0.25, 0.3) is 0 Å². The fourth-order valence-corrected chi connectivity index (χ4v) is 2.56. The molecule has 1 aromatic rings. The van der Waals surface area contributed by atoms with Gasteiger partial charge in [0, 0.05) is 12.7 Å². The predicted octanol–water partition coefficient (Wildman–Crippen LogP) is 3.91. The highest BCUT2D eigenvalue weighted by Gasteiger charge is 2.27. The van der Waals surface area contributed by atoms with E-state index in [0.717, 1.165) is 6.54 Å². The summed E-state index contributed by atoms with van der Waals surface area (Å²) in [5.74, 6) is 0.0866. The summed E-state index contributed by atoms with van der Waals surface area (Å²) in [5, 5.41) is 3.31. The molecule has 0 amide bonds. The van der Waals surface area contributed by atoms with Crippen LogP contribution in [0, 0.1) is 11.7 Å². The van der Waals surface area contributed by atoms with Crippen molar-refractivity contribution < 1.29 is 9.13 Å². The summed E-state index contributed by atoms with van der Waals surface area (Å²) in [6.45, 7) is 6.93. The van der Waals surface area contributed by atoms with Crippen molar-refractivity contribution in [3.05, 3.63) is 34.1 Å². The van der Waals surface area contributed by atoms with E-state index in [1.165, 1.54) is 0 Å². The number of methoxy groups -OCH3 is 1. The van der Waals surface area contributed by atoms with Gasteiger partial charge in [-0.15, -0.1) is 0 Å². The molecule has 2 nitrogen and oxygen atoms in total. The van der Waals surface area contributed by atoms with Crippen LogP contribution in [0.4, 0.5) is 4.39 Å². The van der Waals surface area contributed by atoms with Gasteiger partial charge in [0.2, 0.25) is 0 Å². The molecule has 2 unspecified atom stereocenters. The number of benzene rings is 1. The van der Waals surface area contributed by atoms with Crippen LogP contribution in [0.3, 0.4) is 0 Å². The maximum absolute atomic E-state index is 14.2. The molecule has 102 valence electrons. The van der Waals surface area contributed by atoms with Gasteiger partial charge in [0.25, 0.3) is 0 Å². The van der Waals surface area contributed by atoms with Crippen molar-refractivity contribution >= 4 is 15.9 Å². The number of rotatable bonds is 6. The van der Waals surface area contributed by atoms with Crippen LogP contribution in [0.1, 0.15) is 32.4 Å². The lowest BCUT2D eigenvalue weighted by atomic mass is 9.93. The minimum atomic E-state index is -0.217. The summed E-state index contributed by atoms with van der Waals surface area (Å²) in [7, 11) is 1.67. The van der Waals surface area contributed by atoms with Gasteiger partial charge in [-0.1, -0.05) is 32.9 Å². The molecule has 0 aromatic heterocycles. The third kappa shape index (κ3) is 3.53. The first-order valence-corrected chi connectivity index (χ1v) is 7.02. The molecule has 4 heteroatoms. The molecule has 0 aliphatic rings. The number of hydrogen-bond donors (Lipinski definition) is 1. The Morgan fingerprint density at radius 1 is 1.39 bits per heavy atom. The highest BCUT2D eigenvalue weighted by Crippen LogP contribution is 2.29. The van der Waals surface area contributed by atoms with Crippen LogP contribution in [-0.2, 0) is 4.74 Å². The van der Waals surface area contributed by atoms with Crippen LogP contribution < -0.4 is 5.32 Å². The van der Waals surface area contributed by atoms with Crippen molar-refractivity contribution in [2.24, 2.45) is 5.92 Å². The zero-order valence-electron chi connectivity index (χ0n) is 11.3. The minimum absolute atomic E-state index is 0.0613. The highest BCUT2D eigenvalue weighted by atomic mass is 79.9. The van der Waals surface area contributed by atoms with Gasteiger partial charge < -0.3 is 10.1 Å². The summed E-state index contributed by atoms with van der Waals surface area (Å²) in [5.41, 5.74) is 0.645. The van der Waals surface area contributed by atoms with E-state index in [1.54, 1.807) is 13.2 Å². The normalized spacial score (nSPS) is 14.8. The van der Waals surface area contributed by atoms with Gasteiger partial charge in [-0.3, -0.25) is 0 Å².